The van der Waals surface area contributed by atoms with E-state index in [0.717, 1.165) is 22.3 Å². The number of benzene rings is 2. The maximum atomic E-state index is 14.4. The van der Waals surface area contributed by atoms with Crippen molar-refractivity contribution in [1.29, 1.82) is 0 Å². The van der Waals surface area contributed by atoms with Gasteiger partial charge in [0.2, 0.25) is 0 Å². The van der Waals surface area contributed by atoms with Crippen LogP contribution in [0.3, 0.4) is 0 Å². The van der Waals surface area contributed by atoms with Gasteiger partial charge < -0.3 is 19.3 Å². The highest BCUT2D eigenvalue weighted by Gasteiger charge is 2.48. The molecule has 0 spiro atoms. The number of esters is 1. The van der Waals surface area contributed by atoms with E-state index in [2.05, 4.69) is 4.98 Å². The van der Waals surface area contributed by atoms with Crippen molar-refractivity contribution >= 4 is 39.9 Å². The molecule has 9 nitrogen and oxygen atoms in total. The summed E-state index contributed by atoms with van der Waals surface area (Å²) in [5.41, 5.74) is 0.833. The Morgan fingerprint density at radius 3 is 2.49 bits per heavy atom. The van der Waals surface area contributed by atoms with Crippen molar-refractivity contribution in [1.82, 2.24) is 4.98 Å². The summed E-state index contributed by atoms with van der Waals surface area (Å²) in [6.07, 6.45) is 0. The van der Waals surface area contributed by atoms with E-state index in [1.165, 1.54) is 19.2 Å². The highest BCUT2D eigenvalue weighted by atomic mass is 32.1. The molecule has 0 unspecified atom stereocenters. The third kappa shape index (κ3) is 5.09. The Morgan fingerprint density at radius 1 is 1.10 bits per heavy atom. The number of amides is 1. The zero-order valence-corrected chi connectivity index (χ0v) is 22.8. The molecule has 0 aliphatic carbocycles. The van der Waals surface area contributed by atoms with E-state index >= 15 is 0 Å². The van der Waals surface area contributed by atoms with Crippen LogP contribution in [0.2, 0.25) is 0 Å². The Bertz CT molecular complexity index is 1500. The van der Waals surface area contributed by atoms with Gasteiger partial charge in [0.15, 0.2) is 16.6 Å². The number of nitrogens with zero attached hydrogens (tertiary/aromatic N) is 2. The minimum Gasteiger partial charge on any atom is -0.507 e. The zero-order chi connectivity index (χ0) is 28.4. The third-order valence-electron chi connectivity index (χ3n) is 6.15. The van der Waals surface area contributed by atoms with Crippen molar-refractivity contribution in [2.75, 3.05) is 25.2 Å². The molecule has 39 heavy (non-hydrogen) atoms. The molecular weight excluding hydrogens is 527 g/mol. The van der Waals surface area contributed by atoms with Crippen LogP contribution in [0.1, 0.15) is 51.9 Å². The molecule has 3 aromatic rings. The average Bonchev–Trinajstić information content (AvgIpc) is 3.42. The van der Waals surface area contributed by atoms with Crippen molar-refractivity contribution < 1.29 is 38.1 Å². The second-order valence-corrected chi connectivity index (χ2v) is 9.59. The number of ketones is 1. The number of methoxy groups -OCH3 is 1. The number of hydrogen-bond acceptors (Lipinski definition) is 9. The van der Waals surface area contributed by atoms with Gasteiger partial charge in [-0.1, -0.05) is 29.5 Å². The largest absolute Gasteiger partial charge is 0.507 e. The minimum atomic E-state index is -1.17. The molecule has 0 saturated carbocycles. The van der Waals surface area contributed by atoms with E-state index < -0.39 is 35.3 Å². The van der Waals surface area contributed by atoms with Crippen molar-refractivity contribution in [3.8, 4) is 11.5 Å². The number of rotatable bonds is 8. The van der Waals surface area contributed by atoms with Crippen LogP contribution in [0.5, 0.6) is 11.5 Å². The number of ether oxygens (including phenoxy) is 3. The van der Waals surface area contributed by atoms with Gasteiger partial charge in [-0.25, -0.2) is 14.2 Å². The number of Topliss-reactive ketones (excluding diaryl/α,β-unsaturated/α-hetero) is 1. The topological polar surface area (TPSA) is 115 Å². The SMILES string of the molecule is CCOC(=O)c1sc(N2C(=O)C(=O)C(=C(O)c3ccc(C)c(F)c3)[C@@H]2c2ccc(OCC)c(OC)c2)nc1C. The first-order valence-electron chi connectivity index (χ1n) is 12.2. The first-order valence-corrected chi connectivity index (χ1v) is 13.0. The number of anilines is 1. The lowest BCUT2D eigenvalue weighted by atomic mass is 9.94. The lowest BCUT2D eigenvalue weighted by Gasteiger charge is -2.24. The maximum absolute atomic E-state index is 14.4. The summed E-state index contributed by atoms with van der Waals surface area (Å²) in [7, 11) is 1.45. The normalized spacial score (nSPS) is 16.5. The Hall–Kier alpha value is -4.25. The minimum absolute atomic E-state index is 0.0292. The Kier molecular flexibility index (Phi) is 8.01. The fraction of sp³-hybridized carbons (Fsp3) is 0.286. The van der Waals surface area contributed by atoms with E-state index in [1.807, 2.05) is 6.92 Å². The maximum Gasteiger partial charge on any atom is 0.350 e. The summed E-state index contributed by atoms with van der Waals surface area (Å²) >= 11 is 0.891. The number of aliphatic hydroxyl groups is 1. The smallest absolute Gasteiger partial charge is 0.350 e. The first kappa shape index (κ1) is 27.8. The van der Waals surface area contributed by atoms with Gasteiger partial charge in [0, 0.05) is 5.56 Å². The molecule has 1 aliphatic rings. The molecule has 1 aliphatic heterocycles. The summed E-state index contributed by atoms with van der Waals surface area (Å²) in [6, 6.07) is 7.70. The number of halogens is 1. The van der Waals surface area contributed by atoms with Crippen LogP contribution in [-0.2, 0) is 14.3 Å². The van der Waals surface area contributed by atoms with Crippen molar-refractivity contribution in [3.63, 3.8) is 0 Å². The summed E-state index contributed by atoms with van der Waals surface area (Å²) in [5, 5.41) is 11.3. The Labute approximate surface area is 228 Å². The average molecular weight is 555 g/mol. The van der Waals surface area contributed by atoms with Crippen LogP contribution in [0.25, 0.3) is 5.76 Å². The van der Waals surface area contributed by atoms with Crippen LogP contribution in [0.15, 0.2) is 42.0 Å². The van der Waals surface area contributed by atoms with Gasteiger partial charge in [-0.05, 0) is 57.0 Å². The van der Waals surface area contributed by atoms with Crippen LogP contribution in [0, 0.1) is 19.7 Å². The molecule has 204 valence electrons. The Balaban J connectivity index is 1.95. The number of hydrogen-bond donors (Lipinski definition) is 1. The zero-order valence-electron chi connectivity index (χ0n) is 22.0. The molecule has 2 heterocycles. The number of aliphatic hydroxyl groups excluding tert-OH is 1. The molecule has 11 heteroatoms. The first-order chi connectivity index (χ1) is 18.6. The van der Waals surface area contributed by atoms with Gasteiger partial charge in [-0.2, -0.15) is 0 Å². The molecule has 1 atom stereocenters. The predicted octanol–water partition coefficient (Wildman–Crippen LogP) is 5.11. The summed E-state index contributed by atoms with van der Waals surface area (Å²) in [5.74, 6) is -2.92. The number of carbonyl (C=O) groups excluding carboxylic acids is 3. The van der Waals surface area contributed by atoms with Crippen molar-refractivity contribution in [2.24, 2.45) is 0 Å². The van der Waals surface area contributed by atoms with Crippen LogP contribution in [-0.4, -0.2) is 48.1 Å². The third-order valence-corrected chi connectivity index (χ3v) is 7.28. The number of aromatic nitrogens is 1. The molecule has 0 bridgehead atoms. The molecule has 0 radical (unpaired) electrons. The summed E-state index contributed by atoms with van der Waals surface area (Å²) in [4.78, 5) is 45.0. The molecule has 1 aromatic heterocycles. The van der Waals surface area contributed by atoms with Crippen LogP contribution >= 0.6 is 11.3 Å². The highest BCUT2D eigenvalue weighted by molar-refractivity contribution is 7.17. The summed E-state index contributed by atoms with van der Waals surface area (Å²) < 4.78 is 30.5. The highest BCUT2D eigenvalue weighted by Crippen LogP contribution is 2.45. The lowest BCUT2D eigenvalue weighted by molar-refractivity contribution is -0.132. The number of aryl methyl sites for hydroxylation is 2. The molecular formula is C28H27FN2O7S. The van der Waals surface area contributed by atoms with Gasteiger partial charge in [-0.3, -0.25) is 14.5 Å². The van der Waals surface area contributed by atoms with Gasteiger partial charge >= 0.3 is 11.9 Å². The molecule has 1 saturated heterocycles. The van der Waals surface area contributed by atoms with E-state index in [1.54, 1.807) is 39.0 Å². The van der Waals surface area contributed by atoms with Gasteiger partial charge in [-0.15, -0.1) is 0 Å². The second kappa shape index (κ2) is 11.2. The van der Waals surface area contributed by atoms with Gasteiger partial charge in [0.25, 0.3) is 5.78 Å². The standard InChI is InChI=1S/C28H27FN2O7S/c1-6-37-19-11-10-16(13-20(19)36-5)22-21(23(32)17-9-8-14(3)18(29)12-17)24(33)26(34)31(22)28-30-15(4)25(39-28)27(35)38-7-2/h8-13,22,32H,6-7H2,1-5H3/t22-/m0/s1. The Morgan fingerprint density at radius 2 is 1.85 bits per heavy atom. The van der Waals surface area contributed by atoms with E-state index in [-0.39, 0.29) is 27.8 Å². The number of thiazole rings is 1. The quantitative estimate of drug-likeness (QED) is 0.177. The molecule has 1 N–H and O–H groups in total. The predicted molar refractivity (Wildman–Crippen MR) is 143 cm³/mol. The van der Waals surface area contributed by atoms with Crippen LogP contribution < -0.4 is 14.4 Å². The van der Waals surface area contributed by atoms with Gasteiger partial charge in [0.05, 0.1) is 37.6 Å². The second-order valence-electron chi connectivity index (χ2n) is 8.61. The fourth-order valence-electron chi connectivity index (χ4n) is 4.24. The summed E-state index contributed by atoms with van der Waals surface area (Å²) in [6.45, 7) is 7.16. The number of carbonyl (C=O) groups is 3. The van der Waals surface area contributed by atoms with Crippen molar-refractivity contribution in [2.45, 2.75) is 33.7 Å². The molecule has 1 amide bonds. The van der Waals surface area contributed by atoms with E-state index in [4.69, 9.17) is 14.2 Å². The molecule has 1 fully saturated rings. The lowest BCUT2D eigenvalue weighted by Crippen LogP contribution is -2.29. The molecule has 4 rings (SSSR count). The van der Waals surface area contributed by atoms with E-state index in [9.17, 15) is 23.9 Å². The van der Waals surface area contributed by atoms with Crippen molar-refractivity contribution in [3.05, 3.63) is 75.0 Å². The molecule has 2 aromatic carbocycles. The monoisotopic (exact) mass is 554 g/mol. The van der Waals surface area contributed by atoms with E-state index in [0.29, 0.717) is 34.9 Å². The fourth-order valence-corrected chi connectivity index (χ4v) is 5.23. The van der Waals surface area contributed by atoms with Gasteiger partial charge in [0.1, 0.15) is 16.5 Å². The van der Waals surface area contributed by atoms with Crippen LogP contribution in [0.4, 0.5) is 9.52 Å².